The zero-order valence-electron chi connectivity index (χ0n) is 12.5. The summed E-state index contributed by atoms with van der Waals surface area (Å²) < 4.78 is 0. The van der Waals surface area contributed by atoms with Crippen LogP contribution in [-0.2, 0) is 0 Å². The van der Waals surface area contributed by atoms with Crippen molar-refractivity contribution in [1.29, 1.82) is 0 Å². The summed E-state index contributed by atoms with van der Waals surface area (Å²) in [5.41, 5.74) is 13.3. The van der Waals surface area contributed by atoms with Gasteiger partial charge in [0.1, 0.15) is 0 Å². The molecular weight excluding hydrogens is 268 g/mol. The van der Waals surface area contributed by atoms with Crippen molar-refractivity contribution in [3.8, 4) is 0 Å². The molecule has 4 aromatic rings. The second-order valence-corrected chi connectivity index (χ2v) is 6.05. The fourth-order valence-electron chi connectivity index (χ4n) is 3.57. The summed E-state index contributed by atoms with van der Waals surface area (Å²) in [6.45, 7) is 0.694. The molecule has 0 aromatic heterocycles. The van der Waals surface area contributed by atoms with Gasteiger partial charge in [-0.05, 0) is 57.3 Å². The van der Waals surface area contributed by atoms with Crippen molar-refractivity contribution in [2.45, 2.75) is 18.9 Å². The van der Waals surface area contributed by atoms with Crippen LogP contribution in [0.4, 0.5) is 0 Å². The lowest BCUT2D eigenvalue weighted by Crippen LogP contribution is -2.13. The molecule has 0 aliphatic rings. The number of hydrogen-bond donors (Lipinski definition) is 2. The third-order valence-electron chi connectivity index (χ3n) is 4.68. The molecule has 0 spiro atoms. The van der Waals surface area contributed by atoms with Crippen LogP contribution in [0.25, 0.3) is 32.3 Å². The third-order valence-corrected chi connectivity index (χ3v) is 4.68. The second kappa shape index (κ2) is 5.24. The van der Waals surface area contributed by atoms with E-state index in [-0.39, 0.29) is 6.04 Å². The van der Waals surface area contributed by atoms with Crippen LogP contribution in [0.2, 0.25) is 0 Å². The molecular formula is C20H20N2. The predicted octanol–water partition coefficient (Wildman–Crippen LogP) is 4.32. The average Bonchev–Trinajstić information content (AvgIpc) is 2.57. The predicted molar refractivity (Wildman–Crippen MR) is 95.4 cm³/mol. The number of hydrogen-bond acceptors (Lipinski definition) is 2. The van der Waals surface area contributed by atoms with Crippen LogP contribution in [0.5, 0.6) is 0 Å². The van der Waals surface area contributed by atoms with Gasteiger partial charge in [0.15, 0.2) is 0 Å². The van der Waals surface area contributed by atoms with Crippen molar-refractivity contribution >= 4 is 32.3 Å². The van der Waals surface area contributed by atoms with Gasteiger partial charge in [0.25, 0.3) is 0 Å². The van der Waals surface area contributed by atoms with Gasteiger partial charge in [-0.25, -0.2) is 0 Å². The van der Waals surface area contributed by atoms with Crippen molar-refractivity contribution in [1.82, 2.24) is 0 Å². The topological polar surface area (TPSA) is 52.0 Å². The molecule has 0 saturated heterocycles. The van der Waals surface area contributed by atoms with E-state index in [0.29, 0.717) is 6.54 Å². The smallest absolute Gasteiger partial charge is 0.0301 e. The van der Waals surface area contributed by atoms with E-state index in [1.807, 2.05) is 0 Å². The molecule has 4 rings (SSSR count). The highest BCUT2D eigenvalue weighted by atomic mass is 14.6. The van der Waals surface area contributed by atoms with Crippen LogP contribution in [0.15, 0.2) is 54.6 Å². The Balaban J connectivity index is 2.04. The summed E-state index contributed by atoms with van der Waals surface area (Å²) in [4.78, 5) is 0. The number of rotatable bonds is 4. The minimum Gasteiger partial charge on any atom is -0.330 e. The van der Waals surface area contributed by atoms with E-state index in [9.17, 15) is 0 Å². The van der Waals surface area contributed by atoms with Gasteiger partial charge >= 0.3 is 0 Å². The van der Waals surface area contributed by atoms with E-state index < -0.39 is 0 Å². The Hall–Kier alpha value is -2.16. The highest BCUT2D eigenvalue weighted by Gasteiger charge is 2.14. The molecule has 4 N–H and O–H groups in total. The van der Waals surface area contributed by atoms with Crippen LogP contribution in [0.1, 0.15) is 24.4 Å². The van der Waals surface area contributed by atoms with Crippen molar-refractivity contribution in [3.05, 3.63) is 60.2 Å². The summed E-state index contributed by atoms with van der Waals surface area (Å²) in [6.07, 6.45) is 1.89. The van der Waals surface area contributed by atoms with Crippen molar-refractivity contribution in [2.24, 2.45) is 11.5 Å². The molecule has 110 valence electrons. The molecule has 22 heavy (non-hydrogen) atoms. The Morgan fingerprint density at radius 1 is 0.773 bits per heavy atom. The summed E-state index contributed by atoms with van der Waals surface area (Å²) in [5, 5.41) is 7.86. The maximum absolute atomic E-state index is 6.42. The minimum atomic E-state index is 0.0492. The van der Waals surface area contributed by atoms with Gasteiger partial charge in [0.05, 0.1) is 0 Å². The molecule has 0 unspecified atom stereocenters. The van der Waals surface area contributed by atoms with Crippen molar-refractivity contribution in [2.75, 3.05) is 6.54 Å². The monoisotopic (exact) mass is 288 g/mol. The first-order chi connectivity index (χ1) is 10.8. The average molecular weight is 288 g/mol. The fraction of sp³-hybridized carbons (Fsp3) is 0.200. The maximum Gasteiger partial charge on any atom is 0.0301 e. The maximum atomic E-state index is 6.42. The molecule has 0 bridgehead atoms. The lowest BCUT2D eigenvalue weighted by atomic mass is 9.89. The van der Waals surface area contributed by atoms with Crippen LogP contribution in [0, 0.1) is 0 Å². The summed E-state index contributed by atoms with van der Waals surface area (Å²) in [7, 11) is 0. The Labute approximate surface area is 130 Å². The van der Waals surface area contributed by atoms with Crippen molar-refractivity contribution in [3.63, 3.8) is 0 Å². The standard InChI is InChI=1S/C20H20N2/c21-12-2-5-18(22)16-10-8-15-7-6-13-3-1-4-14-9-11-17(16)20(15)19(13)14/h1,3-4,6-11,18H,2,5,12,21-22H2/t18-/m1/s1. The SMILES string of the molecule is NCCC[C@@H](N)c1ccc2ccc3cccc4ccc1c2c34. The quantitative estimate of drug-likeness (QED) is 0.549. The normalized spacial score (nSPS) is 13.4. The molecule has 0 aliphatic heterocycles. The van der Waals surface area contributed by atoms with Crippen molar-refractivity contribution < 1.29 is 0 Å². The first-order valence-electron chi connectivity index (χ1n) is 7.91. The molecule has 2 heteroatoms. The largest absolute Gasteiger partial charge is 0.330 e. The van der Waals surface area contributed by atoms with E-state index in [1.54, 1.807) is 0 Å². The van der Waals surface area contributed by atoms with Gasteiger partial charge < -0.3 is 11.5 Å². The molecule has 4 aromatic carbocycles. The highest BCUT2D eigenvalue weighted by molar-refractivity contribution is 6.23. The lowest BCUT2D eigenvalue weighted by Gasteiger charge is -2.18. The number of benzene rings is 4. The lowest BCUT2D eigenvalue weighted by molar-refractivity contribution is 0.622. The molecule has 0 amide bonds. The van der Waals surface area contributed by atoms with Crippen LogP contribution in [0.3, 0.4) is 0 Å². The van der Waals surface area contributed by atoms with Crippen LogP contribution in [-0.4, -0.2) is 6.54 Å². The van der Waals surface area contributed by atoms with Gasteiger partial charge in [-0.2, -0.15) is 0 Å². The molecule has 0 radical (unpaired) electrons. The van der Waals surface area contributed by atoms with Gasteiger partial charge in [0.2, 0.25) is 0 Å². The van der Waals surface area contributed by atoms with E-state index in [2.05, 4.69) is 54.6 Å². The summed E-state index contributed by atoms with van der Waals surface area (Å²) in [5.74, 6) is 0. The fourth-order valence-corrected chi connectivity index (χ4v) is 3.57. The van der Waals surface area contributed by atoms with Gasteiger partial charge in [-0.1, -0.05) is 54.6 Å². The van der Waals surface area contributed by atoms with Crippen LogP contribution < -0.4 is 11.5 Å². The molecule has 0 aliphatic carbocycles. The summed E-state index contributed by atoms with van der Waals surface area (Å²) >= 11 is 0. The second-order valence-electron chi connectivity index (χ2n) is 6.05. The number of nitrogens with two attached hydrogens (primary N) is 2. The van der Waals surface area contributed by atoms with E-state index >= 15 is 0 Å². The van der Waals surface area contributed by atoms with Crippen LogP contribution >= 0.6 is 0 Å². The molecule has 2 nitrogen and oxygen atoms in total. The first kappa shape index (κ1) is 13.5. The molecule has 0 saturated carbocycles. The van der Waals surface area contributed by atoms with E-state index in [1.165, 1.54) is 37.9 Å². The Morgan fingerprint density at radius 2 is 1.41 bits per heavy atom. The zero-order chi connectivity index (χ0) is 15.1. The molecule has 0 heterocycles. The Bertz CT molecular complexity index is 926. The highest BCUT2D eigenvalue weighted by Crippen LogP contribution is 2.37. The third kappa shape index (κ3) is 1.96. The van der Waals surface area contributed by atoms with Gasteiger partial charge in [-0.3, -0.25) is 0 Å². The summed E-state index contributed by atoms with van der Waals surface area (Å²) in [6, 6.07) is 19.8. The molecule has 0 fully saturated rings. The Morgan fingerprint density at radius 3 is 2.14 bits per heavy atom. The van der Waals surface area contributed by atoms with Gasteiger partial charge in [0, 0.05) is 6.04 Å². The van der Waals surface area contributed by atoms with Gasteiger partial charge in [-0.15, -0.1) is 0 Å². The zero-order valence-corrected chi connectivity index (χ0v) is 12.5. The Kier molecular flexibility index (Phi) is 3.21. The first-order valence-corrected chi connectivity index (χ1v) is 7.91. The van der Waals surface area contributed by atoms with E-state index in [0.717, 1.165) is 12.8 Å². The minimum absolute atomic E-state index is 0.0492. The van der Waals surface area contributed by atoms with E-state index in [4.69, 9.17) is 11.5 Å². The molecule has 1 atom stereocenters.